The summed E-state index contributed by atoms with van der Waals surface area (Å²) in [6.45, 7) is 11.6. The molecule has 0 saturated carbocycles. The highest BCUT2D eigenvalue weighted by atomic mass is 32.1. The Balaban J connectivity index is 1.95. The molecule has 31 heavy (non-hydrogen) atoms. The van der Waals surface area contributed by atoms with Gasteiger partial charge in [0.05, 0.1) is 5.69 Å². The summed E-state index contributed by atoms with van der Waals surface area (Å²) in [5.41, 5.74) is 20.8. The van der Waals surface area contributed by atoms with E-state index in [2.05, 4.69) is 41.0 Å². The van der Waals surface area contributed by atoms with E-state index < -0.39 is 0 Å². The Labute approximate surface area is 188 Å². The predicted octanol–water partition coefficient (Wildman–Crippen LogP) is 6.00. The average Bonchev–Trinajstić information content (AvgIpc) is 3.42. The number of nitrogen functional groups attached to an aromatic ring is 1. The zero-order valence-corrected chi connectivity index (χ0v) is 18.8. The van der Waals surface area contributed by atoms with Crippen LogP contribution >= 0.6 is 11.3 Å². The molecular weight excluding hydrogens is 400 g/mol. The van der Waals surface area contributed by atoms with Gasteiger partial charge in [0.2, 0.25) is 0 Å². The van der Waals surface area contributed by atoms with Crippen molar-refractivity contribution in [1.29, 1.82) is 0 Å². The minimum absolute atomic E-state index is 0.600. The number of benzene rings is 1. The summed E-state index contributed by atoms with van der Waals surface area (Å²) in [6.07, 6.45) is 9.96. The molecule has 0 spiro atoms. The van der Waals surface area contributed by atoms with Gasteiger partial charge in [-0.1, -0.05) is 37.5 Å². The van der Waals surface area contributed by atoms with Crippen molar-refractivity contribution in [3.05, 3.63) is 118 Å². The van der Waals surface area contributed by atoms with E-state index in [1.54, 1.807) is 23.5 Å². The zero-order valence-electron chi connectivity index (χ0n) is 18.0. The fourth-order valence-electron chi connectivity index (χ4n) is 3.41. The SMILES string of the molecule is C=C/C=C(/c1ccsc1)c1nc(Cc2cc(C(/C=C(/N)C=C)=C/C)ccc2N)[nH]c1C. The number of nitrogens with one attached hydrogen (secondary N) is 1. The maximum absolute atomic E-state index is 6.30. The molecule has 0 aliphatic carbocycles. The van der Waals surface area contributed by atoms with Crippen LogP contribution in [0.25, 0.3) is 11.1 Å². The molecule has 2 aromatic heterocycles. The topological polar surface area (TPSA) is 80.7 Å². The van der Waals surface area contributed by atoms with Gasteiger partial charge < -0.3 is 16.5 Å². The lowest BCUT2D eigenvalue weighted by Crippen LogP contribution is -2.00. The van der Waals surface area contributed by atoms with Crippen molar-refractivity contribution in [2.75, 3.05) is 5.73 Å². The quantitative estimate of drug-likeness (QED) is 0.304. The number of thiophene rings is 1. The maximum Gasteiger partial charge on any atom is 0.111 e. The summed E-state index contributed by atoms with van der Waals surface area (Å²) in [5.74, 6) is 0.865. The second kappa shape index (κ2) is 9.96. The van der Waals surface area contributed by atoms with E-state index in [1.165, 1.54) is 0 Å². The molecular formula is C26H28N4S. The van der Waals surface area contributed by atoms with Crippen LogP contribution < -0.4 is 11.5 Å². The van der Waals surface area contributed by atoms with Gasteiger partial charge in [-0.05, 0) is 77.2 Å². The number of H-pyrrole nitrogens is 1. The molecule has 0 fully saturated rings. The molecule has 0 bridgehead atoms. The first-order valence-corrected chi connectivity index (χ1v) is 11.0. The van der Waals surface area contributed by atoms with E-state index >= 15 is 0 Å². The standard InChI is InChI=1S/C26H28N4S/c1-5-8-23(20-11-12-31-16-20)26-17(4)29-25(30-26)15-21-13-19(9-10-24(21)28)18(6-2)14-22(27)7-3/h5-14,16H,1,3,15,27-28H2,2,4H3,(H,29,30)/b18-6+,22-14+,23-8-. The van der Waals surface area contributed by atoms with Gasteiger partial charge in [0.15, 0.2) is 0 Å². The summed E-state index contributed by atoms with van der Waals surface area (Å²) in [6, 6.07) is 8.11. The molecule has 0 atom stereocenters. The Hall–Kier alpha value is -3.57. The van der Waals surface area contributed by atoms with Crippen LogP contribution in [-0.2, 0) is 6.42 Å². The lowest BCUT2D eigenvalue weighted by Gasteiger charge is -2.09. The molecule has 0 aliphatic heterocycles. The van der Waals surface area contributed by atoms with E-state index in [9.17, 15) is 0 Å². The number of anilines is 1. The molecule has 0 saturated heterocycles. The molecule has 0 unspecified atom stereocenters. The number of imidazole rings is 1. The minimum atomic E-state index is 0.600. The van der Waals surface area contributed by atoms with Gasteiger partial charge in [-0.2, -0.15) is 11.3 Å². The van der Waals surface area contributed by atoms with Gasteiger partial charge in [0, 0.05) is 29.1 Å². The van der Waals surface area contributed by atoms with E-state index in [0.29, 0.717) is 12.1 Å². The third-order valence-corrected chi connectivity index (χ3v) is 5.69. The summed E-state index contributed by atoms with van der Waals surface area (Å²) in [4.78, 5) is 8.32. The second-order valence-corrected chi connectivity index (χ2v) is 7.95. The third-order valence-electron chi connectivity index (χ3n) is 5.01. The van der Waals surface area contributed by atoms with Crippen LogP contribution in [-0.4, -0.2) is 9.97 Å². The van der Waals surface area contributed by atoms with Crippen LogP contribution in [0.15, 0.2) is 84.3 Å². The lowest BCUT2D eigenvalue weighted by atomic mass is 9.99. The van der Waals surface area contributed by atoms with Gasteiger partial charge in [-0.25, -0.2) is 4.98 Å². The first-order chi connectivity index (χ1) is 15.0. The van der Waals surface area contributed by atoms with E-state index in [0.717, 1.165) is 50.7 Å². The molecule has 0 aliphatic rings. The Kier molecular flexibility index (Phi) is 7.11. The highest BCUT2D eigenvalue weighted by Gasteiger charge is 2.15. The Morgan fingerprint density at radius 1 is 1.23 bits per heavy atom. The van der Waals surface area contributed by atoms with Crippen LogP contribution in [0.2, 0.25) is 0 Å². The van der Waals surface area contributed by atoms with Gasteiger partial charge >= 0.3 is 0 Å². The van der Waals surface area contributed by atoms with Gasteiger partial charge in [-0.15, -0.1) is 0 Å². The number of rotatable bonds is 8. The summed E-state index contributed by atoms with van der Waals surface area (Å²) in [7, 11) is 0. The molecule has 0 amide bonds. The van der Waals surface area contributed by atoms with Crippen molar-refractivity contribution >= 4 is 28.2 Å². The number of nitrogens with zero attached hydrogens (tertiary/aromatic N) is 1. The van der Waals surface area contributed by atoms with Gasteiger partial charge in [0.1, 0.15) is 5.82 Å². The molecule has 3 rings (SSSR count). The predicted molar refractivity (Wildman–Crippen MR) is 135 cm³/mol. The van der Waals surface area contributed by atoms with Crippen molar-refractivity contribution in [3.63, 3.8) is 0 Å². The molecule has 158 valence electrons. The Bertz CT molecular complexity index is 1170. The summed E-state index contributed by atoms with van der Waals surface area (Å²) in [5, 5.41) is 4.18. The fraction of sp³-hybridized carbons (Fsp3) is 0.115. The largest absolute Gasteiger partial charge is 0.399 e. The van der Waals surface area contributed by atoms with Crippen molar-refractivity contribution < 1.29 is 0 Å². The smallest absolute Gasteiger partial charge is 0.111 e. The zero-order chi connectivity index (χ0) is 22.4. The number of nitrogens with two attached hydrogens (primary N) is 2. The first kappa shape index (κ1) is 22.1. The minimum Gasteiger partial charge on any atom is -0.399 e. The maximum atomic E-state index is 6.30. The van der Waals surface area contributed by atoms with E-state index in [1.807, 2.05) is 44.2 Å². The molecule has 4 nitrogen and oxygen atoms in total. The number of allylic oxidation sites excluding steroid dienone is 6. The molecule has 2 heterocycles. The number of aryl methyl sites for hydroxylation is 1. The van der Waals surface area contributed by atoms with Gasteiger partial charge in [-0.3, -0.25) is 0 Å². The van der Waals surface area contributed by atoms with Crippen LogP contribution in [0, 0.1) is 6.92 Å². The van der Waals surface area contributed by atoms with Crippen LogP contribution in [0.3, 0.4) is 0 Å². The van der Waals surface area contributed by atoms with Crippen LogP contribution in [0.4, 0.5) is 5.69 Å². The lowest BCUT2D eigenvalue weighted by molar-refractivity contribution is 1.02. The fourth-order valence-corrected chi connectivity index (χ4v) is 4.06. The normalized spacial score (nSPS) is 12.8. The van der Waals surface area contributed by atoms with Gasteiger partial charge in [0.25, 0.3) is 0 Å². The highest BCUT2D eigenvalue weighted by Crippen LogP contribution is 2.28. The summed E-state index contributed by atoms with van der Waals surface area (Å²) < 4.78 is 0. The molecule has 0 radical (unpaired) electrons. The summed E-state index contributed by atoms with van der Waals surface area (Å²) >= 11 is 1.66. The highest BCUT2D eigenvalue weighted by molar-refractivity contribution is 7.08. The number of hydrogen-bond acceptors (Lipinski definition) is 4. The van der Waals surface area contributed by atoms with E-state index in [4.69, 9.17) is 16.5 Å². The molecule has 5 heteroatoms. The number of aromatic nitrogens is 2. The van der Waals surface area contributed by atoms with Crippen molar-refractivity contribution in [2.45, 2.75) is 20.3 Å². The van der Waals surface area contributed by atoms with Crippen LogP contribution in [0.1, 0.15) is 40.8 Å². The Morgan fingerprint density at radius 3 is 2.68 bits per heavy atom. The number of aromatic amines is 1. The molecule has 1 aromatic carbocycles. The molecule has 5 N–H and O–H groups in total. The van der Waals surface area contributed by atoms with E-state index in [-0.39, 0.29) is 0 Å². The molecule has 3 aromatic rings. The average molecular weight is 429 g/mol. The van der Waals surface area contributed by atoms with Crippen molar-refractivity contribution in [3.8, 4) is 0 Å². The third kappa shape index (κ3) is 5.13. The first-order valence-electron chi connectivity index (χ1n) is 10.0. The second-order valence-electron chi connectivity index (χ2n) is 7.17. The van der Waals surface area contributed by atoms with Crippen molar-refractivity contribution in [2.24, 2.45) is 5.73 Å². The van der Waals surface area contributed by atoms with Crippen molar-refractivity contribution in [1.82, 2.24) is 9.97 Å². The monoisotopic (exact) mass is 428 g/mol. The van der Waals surface area contributed by atoms with Crippen LogP contribution in [0.5, 0.6) is 0 Å². The Morgan fingerprint density at radius 2 is 2.03 bits per heavy atom. The number of hydrogen-bond donors (Lipinski definition) is 3.